The summed E-state index contributed by atoms with van der Waals surface area (Å²) < 4.78 is 0. The fourth-order valence-electron chi connectivity index (χ4n) is 1.01. The molecule has 0 aromatic rings. The third-order valence-corrected chi connectivity index (χ3v) is 1.51. The van der Waals surface area contributed by atoms with Gasteiger partial charge in [0.1, 0.15) is 5.82 Å². The highest BCUT2D eigenvalue weighted by Crippen LogP contribution is 2.11. The van der Waals surface area contributed by atoms with E-state index in [1.54, 1.807) is 12.4 Å². The molecule has 0 aromatic carbocycles. The minimum Gasteiger partial charge on any atom is -0.347 e. The summed E-state index contributed by atoms with van der Waals surface area (Å²) in [5.74, 6) is 0.644. The van der Waals surface area contributed by atoms with Crippen molar-refractivity contribution >= 4 is 12.1 Å². The molecule has 1 amide bonds. The fourth-order valence-corrected chi connectivity index (χ4v) is 1.01. The van der Waals surface area contributed by atoms with Gasteiger partial charge in [-0.3, -0.25) is 4.79 Å². The van der Waals surface area contributed by atoms with Gasteiger partial charge in [0, 0.05) is 24.9 Å². The number of rotatable bonds is 0. The van der Waals surface area contributed by atoms with Gasteiger partial charge in [-0.15, -0.1) is 0 Å². The normalized spacial score (nSPS) is 20.9. The van der Waals surface area contributed by atoms with Gasteiger partial charge >= 0.3 is 0 Å². The predicted octanol–water partition coefficient (Wildman–Crippen LogP) is 0.163. The van der Waals surface area contributed by atoms with Crippen LogP contribution in [0.4, 0.5) is 0 Å². The van der Waals surface area contributed by atoms with Gasteiger partial charge < -0.3 is 5.32 Å². The monoisotopic (exact) mass is 149 g/mol. The molecule has 2 aliphatic rings. The molecule has 0 aromatic heterocycles. The van der Waals surface area contributed by atoms with E-state index in [9.17, 15) is 4.79 Å². The molecule has 56 valence electrons. The molecule has 0 unspecified atom stereocenters. The molecule has 0 saturated carbocycles. The molecular formula is C7H7N3O. The van der Waals surface area contributed by atoms with Crippen LogP contribution < -0.4 is 5.32 Å². The summed E-state index contributed by atoms with van der Waals surface area (Å²) in [6, 6.07) is 0. The van der Waals surface area contributed by atoms with Crippen molar-refractivity contribution in [2.45, 2.75) is 6.42 Å². The topological polar surface area (TPSA) is 44.7 Å². The highest BCUT2D eigenvalue weighted by Gasteiger charge is 2.18. The lowest BCUT2D eigenvalue weighted by molar-refractivity contribution is -0.125. The third-order valence-electron chi connectivity index (χ3n) is 1.51. The lowest BCUT2D eigenvalue weighted by Gasteiger charge is -2.23. The first-order valence-corrected chi connectivity index (χ1v) is 3.38. The molecule has 4 heteroatoms. The van der Waals surface area contributed by atoms with Crippen LogP contribution in [-0.4, -0.2) is 17.1 Å². The molecule has 0 aliphatic carbocycles. The molecular weight excluding hydrogens is 142 g/mol. The Balaban J connectivity index is 2.35. The van der Waals surface area contributed by atoms with Crippen LogP contribution in [-0.2, 0) is 4.79 Å². The summed E-state index contributed by atoms with van der Waals surface area (Å²) in [7, 11) is 0. The number of hydrogen-bond acceptors (Lipinski definition) is 3. The zero-order valence-electron chi connectivity index (χ0n) is 5.82. The second kappa shape index (κ2) is 2.23. The summed E-state index contributed by atoms with van der Waals surface area (Å²) in [5, 5.41) is 8.17. The smallest absolute Gasteiger partial charge is 0.274 e. The van der Waals surface area contributed by atoms with Gasteiger partial charge in [0.25, 0.3) is 5.91 Å². The zero-order chi connectivity index (χ0) is 7.68. The van der Waals surface area contributed by atoms with Crippen LogP contribution in [0.5, 0.6) is 0 Å². The maximum Gasteiger partial charge on any atom is 0.274 e. The van der Waals surface area contributed by atoms with E-state index in [1.165, 1.54) is 11.1 Å². The first kappa shape index (κ1) is 6.15. The Bertz CT molecular complexity index is 277. The average Bonchev–Trinajstić information content (AvgIpc) is 2.06. The van der Waals surface area contributed by atoms with Crippen molar-refractivity contribution in [3.8, 4) is 0 Å². The van der Waals surface area contributed by atoms with E-state index in [0.717, 1.165) is 12.2 Å². The molecule has 0 atom stereocenters. The van der Waals surface area contributed by atoms with Crippen LogP contribution in [0.2, 0.25) is 0 Å². The molecule has 0 fully saturated rings. The minimum atomic E-state index is -0.106. The molecule has 4 nitrogen and oxygen atoms in total. The van der Waals surface area contributed by atoms with Gasteiger partial charge in [-0.2, -0.15) is 10.1 Å². The number of fused-ring (bicyclic) bond motifs is 1. The Hall–Kier alpha value is -1.58. The minimum absolute atomic E-state index is 0.106. The Morgan fingerprint density at radius 1 is 1.64 bits per heavy atom. The van der Waals surface area contributed by atoms with Crippen LogP contribution in [0.3, 0.4) is 0 Å². The largest absolute Gasteiger partial charge is 0.347 e. The number of nitrogens with zero attached hydrogens (tertiary/aromatic N) is 2. The van der Waals surface area contributed by atoms with E-state index in [2.05, 4.69) is 10.4 Å². The number of hydrogen-bond donors (Lipinski definition) is 1. The Kier molecular flexibility index (Phi) is 1.25. The molecule has 11 heavy (non-hydrogen) atoms. The van der Waals surface area contributed by atoms with Crippen LogP contribution in [0, 0.1) is 0 Å². The molecule has 0 saturated heterocycles. The van der Waals surface area contributed by atoms with E-state index in [4.69, 9.17) is 0 Å². The van der Waals surface area contributed by atoms with E-state index in [-0.39, 0.29) is 5.91 Å². The van der Waals surface area contributed by atoms with Crippen molar-refractivity contribution < 1.29 is 4.79 Å². The summed E-state index contributed by atoms with van der Waals surface area (Å²) in [4.78, 5) is 11.1. The molecule has 2 heterocycles. The van der Waals surface area contributed by atoms with Crippen molar-refractivity contribution in [1.82, 2.24) is 10.3 Å². The summed E-state index contributed by atoms with van der Waals surface area (Å²) in [6.07, 6.45) is 7.45. The van der Waals surface area contributed by atoms with Gasteiger partial charge in [0.15, 0.2) is 0 Å². The highest BCUT2D eigenvalue weighted by atomic mass is 16.2. The van der Waals surface area contributed by atoms with Crippen molar-refractivity contribution in [2.24, 2.45) is 5.10 Å². The number of allylic oxidation sites excluding steroid dienone is 1. The van der Waals surface area contributed by atoms with Crippen molar-refractivity contribution in [1.29, 1.82) is 0 Å². The maximum atomic E-state index is 11.1. The maximum absolute atomic E-state index is 11.1. The van der Waals surface area contributed by atoms with Gasteiger partial charge in [-0.05, 0) is 6.08 Å². The van der Waals surface area contributed by atoms with Crippen molar-refractivity contribution in [3.63, 3.8) is 0 Å². The average molecular weight is 149 g/mol. The van der Waals surface area contributed by atoms with E-state index in [1.807, 2.05) is 6.08 Å². The standard InChI is InChI=1S/C7H7N3O/c11-7-3-5-8-6-2-1-4-9-10(6)7/h2-5,8H,1H2. The molecule has 0 spiro atoms. The van der Waals surface area contributed by atoms with E-state index < -0.39 is 0 Å². The van der Waals surface area contributed by atoms with Crippen LogP contribution in [0.25, 0.3) is 0 Å². The highest BCUT2D eigenvalue weighted by molar-refractivity contribution is 5.90. The number of hydrazone groups is 1. The van der Waals surface area contributed by atoms with Gasteiger partial charge in [0.2, 0.25) is 0 Å². The Morgan fingerprint density at radius 3 is 3.36 bits per heavy atom. The predicted molar refractivity (Wildman–Crippen MR) is 40.3 cm³/mol. The van der Waals surface area contributed by atoms with E-state index in [0.29, 0.717) is 0 Å². The number of amides is 1. The molecule has 2 aliphatic heterocycles. The number of carbonyl (C=O) groups excluding carboxylic acids is 1. The van der Waals surface area contributed by atoms with Gasteiger partial charge in [-0.25, -0.2) is 0 Å². The zero-order valence-corrected chi connectivity index (χ0v) is 5.82. The van der Waals surface area contributed by atoms with E-state index >= 15 is 0 Å². The van der Waals surface area contributed by atoms with Crippen LogP contribution in [0.15, 0.2) is 29.3 Å². The lowest BCUT2D eigenvalue weighted by atomic mass is 10.3. The third kappa shape index (κ3) is 0.920. The summed E-state index contributed by atoms with van der Waals surface area (Å²) in [6.45, 7) is 0. The van der Waals surface area contributed by atoms with Gasteiger partial charge in [-0.1, -0.05) is 0 Å². The first-order chi connectivity index (χ1) is 5.38. The van der Waals surface area contributed by atoms with Crippen LogP contribution in [0.1, 0.15) is 6.42 Å². The Morgan fingerprint density at radius 2 is 2.55 bits per heavy atom. The summed E-state index contributed by atoms with van der Waals surface area (Å²) in [5.41, 5.74) is 0. The molecule has 0 bridgehead atoms. The molecule has 2 rings (SSSR count). The number of nitrogens with one attached hydrogen (secondary N) is 1. The van der Waals surface area contributed by atoms with Crippen molar-refractivity contribution in [2.75, 3.05) is 0 Å². The van der Waals surface area contributed by atoms with Crippen LogP contribution >= 0.6 is 0 Å². The van der Waals surface area contributed by atoms with Crippen molar-refractivity contribution in [3.05, 3.63) is 24.2 Å². The lowest BCUT2D eigenvalue weighted by Crippen LogP contribution is -2.35. The second-order valence-corrected chi connectivity index (χ2v) is 2.25. The first-order valence-electron chi connectivity index (χ1n) is 3.38. The molecule has 1 N–H and O–H groups in total. The SMILES string of the molecule is O=C1C=CNC2=CCC=NN12. The quantitative estimate of drug-likeness (QED) is 0.533. The fraction of sp³-hybridized carbons (Fsp3) is 0.143. The summed E-state index contributed by atoms with van der Waals surface area (Å²) >= 11 is 0. The number of carbonyl (C=O) groups is 1. The molecule has 0 radical (unpaired) electrons. The second-order valence-electron chi connectivity index (χ2n) is 2.25. The Labute approximate surface area is 63.9 Å². The van der Waals surface area contributed by atoms with Gasteiger partial charge in [0.05, 0.1) is 0 Å².